The molecule has 9 heteroatoms. The molecule has 2 fully saturated rings. The van der Waals surface area contributed by atoms with Crippen molar-refractivity contribution in [1.29, 1.82) is 0 Å². The van der Waals surface area contributed by atoms with Crippen LogP contribution in [-0.4, -0.2) is 32.4 Å². The Bertz CT molecular complexity index is 1500. The van der Waals surface area contributed by atoms with E-state index in [-0.39, 0.29) is 11.7 Å². The molecule has 2 heterocycles. The molecule has 0 radical (unpaired) electrons. The second-order valence-corrected chi connectivity index (χ2v) is 11.0. The van der Waals surface area contributed by atoms with Crippen molar-refractivity contribution in [2.24, 2.45) is 0 Å². The Kier molecular flexibility index (Phi) is 6.64. The topological polar surface area (TPSA) is 106 Å². The Morgan fingerprint density at radius 3 is 2.50 bits per heavy atom. The van der Waals surface area contributed by atoms with Crippen molar-refractivity contribution in [3.8, 4) is 11.3 Å². The summed E-state index contributed by atoms with van der Waals surface area (Å²) in [5, 5.41) is 26.8. The number of ether oxygens (including phenoxy) is 1. The number of hydrogen-bond acceptors (Lipinski definition) is 6. The van der Waals surface area contributed by atoms with Gasteiger partial charge in [-0.15, -0.1) is 0 Å². The van der Waals surface area contributed by atoms with Gasteiger partial charge in [0.2, 0.25) is 0 Å². The molecule has 0 unspecified atom stereocenters. The van der Waals surface area contributed by atoms with E-state index in [1.165, 1.54) is 12.3 Å². The molecule has 0 amide bonds. The van der Waals surface area contributed by atoms with Gasteiger partial charge in [-0.25, -0.2) is 4.79 Å². The van der Waals surface area contributed by atoms with E-state index >= 15 is 0 Å². The molecular formula is C29H26Cl2N2O5. The zero-order chi connectivity index (χ0) is 26.4. The molecule has 38 heavy (non-hydrogen) atoms. The van der Waals surface area contributed by atoms with Gasteiger partial charge in [-0.3, -0.25) is 4.98 Å². The van der Waals surface area contributed by atoms with Crippen molar-refractivity contribution in [2.75, 3.05) is 0 Å². The Morgan fingerprint density at radius 2 is 1.82 bits per heavy atom. The predicted molar refractivity (Wildman–Crippen MR) is 144 cm³/mol. The van der Waals surface area contributed by atoms with Crippen LogP contribution in [0.3, 0.4) is 0 Å². The lowest BCUT2D eigenvalue weighted by Gasteiger charge is -2.36. The Labute approximate surface area is 229 Å². The zero-order valence-electron chi connectivity index (χ0n) is 20.5. The molecule has 7 nitrogen and oxygen atoms in total. The summed E-state index contributed by atoms with van der Waals surface area (Å²) in [6.07, 6.45) is 5.94. The van der Waals surface area contributed by atoms with Gasteiger partial charge < -0.3 is 19.5 Å². The van der Waals surface area contributed by atoms with Gasteiger partial charge in [0.15, 0.2) is 0 Å². The van der Waals surface area contributed by atoms with E-state index in [1.807, 2.05) is 0 Å². The Balaban J connectivity index is 1.17. The molecule has 4 aromatic rings. The summed E-state index contributed by atoms with van der Waals surface area (Å²) < 4.78 is 12.1. The van der Waals surface area contributed by atoms with E-state index < -0.39 is 11.6 Å². The second kappa shape index (κ2) is 9.97. The number of rotatable bonds is 7. The number of nitrogens with zero attached hydrogens (tertiary/aromatic N) is 2. The van der Waals surface area contributed by atoms with Gasteiger partial charge in [0.25, 0.3) is 0 Å². The summed E-state index contributed by atoms with van der Waals surface area (Å²) >= 11 is 12.9. The van der Waals surface area contributed by atoms with Gasteiger partial charge in [-0.1, -0.05) is 46.6 Å². The molecule has 2 aromatic carbocycles. The molecule has 0 aliphatic heterocycles. The smallest absolute Gasteiger partial charge is 0.336 e. The minimum atomic E-state index is -1.03. The van der Waals surface area contributed by atoms with Crippen LogP contribution in [0.15, 0.2) is 53.2 Å². The average Bonchev–Trinajstić information content (AvgIpc) is 3.67. The highest BCUT2D eigenvalue weighted by atomic mass is 35.5. The Hall–Kier alpha value is -2.97. The summed E-state index contributed by atoms with van der Waals surface area (Å²) in [5.74, 6) is 0.183. The molecule has 2 aromatic heterocycles. The first-order chi connectivity index (χ1) is 18.3. The fraction of sp³-hybridized carbons (Fsp3) is 0.345. The average molecular weight is 553 g/mol. The predicted octanol–water partition coefficient (Wildman–Crippen LogP) is 7.12. The van der Waals surface area contributed by atoms with Gasteiger partial charge in [0, 0.05) is 28.6 Å². The zero-order valence-corrected chi connectivity index (χ0v) is 22.0. The number of aromatic nitrogens is 2. The van der Waals surface area contributed by atoms with Crippen LogP contribution in [0.1, 0.15) is 71.7 Å². The summed E-state index contributed by atoms with van der Waals surface area (Å²) in [5.41, 5.74) is 2.63. The van der Waals surface area contributed by atoms with E-state index in [0.29, 0.717) is 70.4 Å². The number of carbonyl (C=O) groups is 1. The van der Waals surface area contributed by atoms with Crippen molar-refractivity contribution >= 4 is 40.1 Å². The van der Waals surface area contributed by atoms with Gasteiger partial charge in [0.1, 0.15) is 11.5 Å². The van der Waals surface area contributed by atoms with E-state index in [9.17, 15) is 15.0 Å². The summed E-state index contributed by atoms with van der Waals surface area (Å²) in [4.78, 5) is 15.9. The number of aliphatic hydroxyl groups is 1. The quantitative estimate of drug-likeness (QED) is 0.251. The summed E-state index contributed by atoms with van der Waals surface area (Å²) in [6.45, 7) is 0.327. The van der Waals surface area contributed by atoms with Crippen LogP contribution < -0.4 is 0 Å². The molecule has 0 spiro atoms. The number of halogens is 2. The van der Waals surface area contributed by atoms with Crippen molar-refractivity contribution < 1.29 is 24.3 Å². The van der Waals surface area contributed by atoms with Crippen molar-refractivity contribution in [1.82, 2.24) is 10.1 Å². The highest BCUT2D eigenvalue weighted by Gasteiger charge is 2.37. The maximum Gasteiger partial charge on any atom is 0.336 e. The van der Waals surface area contributed by atoms with Gasteiger partial charge >= 0.3 is 5.97 Å². The molecule has 2 N–H and O–H groups in total. The minimum Gasteiger partial charge on any atom is -0.478 e. The van der Waals surface area contributed by atoms with Crippen LogP contribution in [0.25, 0.3) is 22.2 Å². The normalized spacial score (nSPS) is 21.6. The highest BCUT2D eigenvalue weighted by Crippen LogP contribution is 2.46. The standard InChI is InChI=1S/C29H26Cl2N2O5/c30-22-2-1-3-23(31)25(22)26-21(27(38-33-26)16-4-5-16)15-37-18-8-11-29(36,12-9-18)17-6-7-19-20(28(34)35)10-13-32-24(19)14-17/h1-3,6-7,10,13-14,16,18,36H,4-5,8-9,11-12,15H2,(H,34,35). The molecule has 0 saturated heterocycles. The largest absolute Gasteiger partial charge is 0.478 e. The van der Waals surface area contributed by atoms with Crippen LogP contribution in [-0.2, 0) is 16.9 Å². The van der Waals surface area contributed by atoms with E-state index in [1.54, 1.807) is 36.4 Å². The van der Waals surface area contributed by atoms with Crippen molar-refractivity contribution in [3.63, 3.8) is 0 Å². The third-order valence-corrected chi connectivity index (χ3v) is 8.33. The van der Waals surface area contributed by atoms with Crippen LogP contribution in [0.2, 0.25) is 10.0 Å². The first-order valence-electron chi connectivity index (χ1n) is 12.7. The lowest BCUT2D eigenvalue weighted by Crippen LogP contribution is -2.34. The fourth-order valence-electron chi connectivity index (χ4n) is 5.40. The van der Waals surface area contributed by atoms with E-state index in [2.05, 4.69) is 10.1 Å². The van der Waals surface area contributed by atoms with Crippen molar-refractivity contribution in [2.45, 2.75) is 62.8 Å². The fourth-order valence-corrected chi connectivity index (χ4v) is 5.97. The van der Waals surface area contributed by atoms with Crippen LogP contribution in [0.4, 0.5) is 0 Å². The number of carboxylic acid groups (broad SMARTS) is 1. The van der Waals surface area contributed by atoms with E-state index in [0.717, 1.165) is 29.7 Å². The first kappa shape index (κ1) is 25.3. The number of pyridine rings is 1. The number of hydrogen-bond donors (Lipinski definition) is 2. The SMILES string of the molecule is O=C(O)c1ccnc2cc(C3(O)CCC(OCc4c(-c5c(Cl)cccc5Cl)noc4C4CC4)CC3)ccc12. The third-order valence-electron chi connectivity index (χ3n) is 7.70. The molecule has 0 bridgehead atoms. The molecule has 2 aliphatic carbocycles. The number of fused-ring (bicyclic) bond motifs is 1. The maximum atomic E-state index is 11.5. The first-order valence-corrected chi connectivity index (χ1v) is 13.5. The molecule has 2 saturated carbocycles. The Morgan fingerprint density at radius 1 is 1.08 bits per heavy atom. The highest BCUT2D eigenvalue weighted by molar-refractivity contribution is 6.39. The molecule has 6 rings (SSSR count). The third kappa shape index (κ3) is 4.69. The lowest BCUT2D eigenvalue weighted by molar-refractivity contribution is -0.0640. The summed E-state index contributed by atoms with van der Waals surface area (Å²) in [7, 11) is 0. The minimum absolute atomic E-state index is 0.0380. The van der Waals surface area contributed by atoms with Crippen LogP contribution in [0, 0.1) is 0 Å². The number of benzene rings is 2. The molecule has 2 aliphatic rings. The number of carboxylic acids is 1. The van der Waals surface area contributed by atoms with E-state index in [4.69, 9.17) is 32.5 Å². The number of aromatic carboxylic acids is 1. The monoisotopic (exact) mass is 552 g/mol. The van der Waals surface area contributed by atoms with Gasteiger partial charge in [-0.05, 0) is 68.4 Å². The molecule has 196 valence electrons. The van der Waals surface area contributed by atoms with Crippen LogP contribution >= 0.6 is 23.2 Å². The summed E-state index contributed by atoms with van der Waals surface area (Å²) in [6, 6.07) is 12.2. The molecule has 0 atom stereocenters. The van der Waals surface area contributed by atoms with Crippen LogP contribution in [0.5, 0.6) is 0 Å². The van der Waals surface area contributed by atoms with Crippen molar-refractivity contribution in [3.05, 3.63) is 81.2 Å². The lowest BCUT2D eigenvalue weighted by atomic mass is 9.78. The maximum absolute atomic E-state index is 11.5. The second-order valence-electron chi connectivity index (χ2n) is 10.2. The van der Waals surface area contributed by atoms with Gasteiger partial charge in [-0.2, -0.15) is 0 Å². The molecular weight excluding hydrogens is 527 g/mol. The van der Waals surface area contributed by atoms with Gasteiger partial charge in [0.05, 0.1) is 39.4 Å².